The van der Waals surface area contributed by atoms with E-state index < -0.39 is 0 Å². The predicted octanol–water partition coefficient (Wildman–Crippen LogP) is 3.51. The van der Waals surface area contributed by atoms with Crippen LogP contribution in [0.15, 0.2) is 42.5 Å². The summed E-state index contributed by atoms with van der Waals surface area (Å²) in [5, 5.41) is 8.58. The molecule has 29 heavy (non-hydrogen) atoms. The van der Waals surface area contributed by atoms with Crippen LogP contribution in [-0.2, 0) is 22.4 Å². The van der Waals surface area contributed by atoms with Gasteiger partial charge >= 0.3 is 6.03 Å². The topological polar surface area (TPSA) is 105 Å². The number of amides is 3. The standard InChI is InChI=1S/C22H28N4O3/c1-29-18(14-23)13-21(27)24-16-8-5-9-17(12-16)25-22(28)26-20-11-4-7-15-6-2-3-10-19(15)20/h4-5,7-9,11-12,18H,2-3,6,10,13-14,23H2,1H3,(H,24,27)(H2,25,26,28). The first kappa shape index (κ1) is 20.8. The smallest absolute Gasteiger partial charge is 0.323 e. The molecule has 7 heteroatoms. The molecule has 0 saturated carbocycles. The Bertz CT molecular complexity index is 865. The Labute approximate surface area is 171 Å². The molecule has 1 aliphatic rings. The lowest BCUT2D eigenvalue weighted by molar-refractivity contribution is -0.118. The fraction of sp³-hybridized carbons (Fsp3) is 0.364. The summed E-state index contributed by atoms with van der Waals surface area (Å²) in [5.74, 6) is -0.195. The van der Waals surface area contributed by atoms with Crippen molar-refractivity contribution in [3.05, 3.63) is 53.6 Å². The van der Waals surface area contributed by atoms with Gasteiger partial charge in [0, 0.05) is 30.7 Å². The molecule has 7 nitrogen and oxygen atoms in total. The van der Waals surface area contributed by atoms with Crippen LogP contribution in [0.5, 0.6) is 0 Å². The largest absolute Gasteiger partial charge is 0.380 e. The van der Waals surface area contributed by atoms with Gasteiger partial charge in [-0.2, -0.15) is 0 Å². The van der Waals surface area contributed by atoms with Crippen LogP contribution < -0.4 is 21.7 Å². The van der Waals surface area contributed by atoms with Crippen LogP contribution in [0, 0.1) is 0 Å². The van der Waals surface area contributed by atoms with Crippen molar-refractivity contribution < 1.29 is 14.3 Å². The molecular weight excluding hydrogens is 368 g/mol. The number of urea groups is 1. The van der Waals surface area contributed by atoms with Crippen molar-refractivity contribution in [3.8, 4) is 0 Å². The van der Waals surface area contributed by atoms with Crippen molar-refractivity contribution in [1.29, 1.82) is 0 Å². The predicted molar refractivity (Wildman–Crippen MR) is 115 cm³/mol. The quantitative estimate of drug-likeness (QED) is 0.575. The average molecular weight is 396 g/mol. The van der Waals surface area contributed by atoms with E-state index >= 15 is 0 Å². The molecule has 0 fully saturated rings. The maximum absolute atomic E-state index is 12.5. The van der Waals surface area contributed by atoms with E-state index in [0.29, 0.717) is 11.4 Å². The summed E-state index contributed by atoms with van der Waals surface area (Å²) in [6.45, 7) is 0.273. The van der Waals surface area contributed by atoms with Gasteiger partial charge in [0.1, 0.15) is 0 Å². The van der Waals surface area contributed by atoms with E-state index in [4.69, 9.17) is 10.5 Å². The van der Waals surface area contributed by atoms with Crippen molar-refractivity contribution in [3.63, 3.8) is 0 Å². The van der Waals surface area contributed by atoms with Crippen LogP contribution in [-0.4, -0.2) is 31.7 Å². The second-order valence-corrected chi connectivity index (χ2v) is 7.16. The van der Waals surface area contributed by atoms with E-state index in [9.17, 15) is 9.59 Å². The molecule has 2 aromatic carbocycles. The number of nitrogens with one attached hydrogen (secondary N) is 3. The molecular formula is C22H28N4O3. The fourth-order valence-corrected chi connectivity index (χ4v) is 3.54. The summed E-state index contributed by atoms with van der Waals surface area (Å²) < 4.78 is 5.13. The summed E-state index contributed by atoms with van der Waals surface area (Å²) in [7, 11) is 1.53. The molecule has 5 N–H and O–H groups in total. The number of ether oxygens (including phenoxy) is 1. The average Bonchev–Trinajstić information content (AvgIpc) is 2.72. The first-order chi connectivity index (χ1) is 14.1. The Morgan fingerprint density at radius 3 is 2.52 bits per heavy atom. The van der Waals surface area contributed by atoms with Crippen molar-refractivity contribution in [2.24, 2.45) is 5.73 Å². The van der Waals surface area contributed by atoms with Gasteiger partial charge in [-0.3, -0.25) is 4.79 Å². The number of methoxy groups -OCH3 is 1. The van der Waals surface area contributed by atoms with E-state index in [-0.39, 0.29) is 31.0 Å². The van der Waals surface area contributed by atoms with Crippen molar-refractivity contribution in [2.45, 2.75) is 38.2 Å². The SMILES string of the molecule is COC(CN)CC(=O)Nc1cccc(NC(=O)Nc2cccc3c2CCCC3)c1. The highest BCUT2D eigenvalue weighted by atomic mass is 16.5. The first-order valence-corrected chi connectivity index (χ1v) is 9.90. The molecule has 0 aliphatic heterocycles. The van der Waals surface area contributed by atoms with Gasteiger partial charge in [-0.15, -0.1) is 0 Å². The summed E-state index contributed by atoms with van der Waals surface area (Å²) in [6, 6.07) is 12.7. The van der Waals surface area contributed by atoms with Gasteiger partial charge < -0.3 is 26.4 Å². The van der Waals surface area contributed by atoms with Gasteiger partial charge in [0.2, 0.25) is 5.91 Å². The summed E-state index contributed by atoms with van der Waals surface area (Å²) in [6.07, 6.45) is 4.23. The zero-order valence-electron chi connectivity index (χ0n) is 16.7. The van der Waals surface area contributed by atoms with Gasteiger partial charge in [0.15, 0.2) is 0 Å². The Morgan fingerprint density at radius 1 is 1.03 bits per heavy atom. The maximum atomic E-state index is 12.5. The molecule has 0 saturated heterocycles. The third-order valence-corrected chi connectivity index (χ3v) is 5.06. The van der Waals surface area contributed by atoms with Gasteiger partial charge in [-0.05, 0) is 61.1 Å². The Balaban J connectivity index is 1.60. The molecule has 0 heterocycles. The van der Waals surface area contributed by atoms with E-state index in [2.05, 4.69) is 22.0 Å². The zero-order valence-corrected chi connectivity index (χ0v) is 16.7. The third-order valence-electron chi connectivity index (χ3n) is 5.06. The van der Waals surface area contributed by atoms with Crippen LogP contribution in [0.4, 0.5) is 21.9 Å². The summed E-state index contributed by atoms with van der Waals surface area (Å²) >= 11 is 0. The number of hydrogen-bond donors (Lipinski definition) is 4. The summed E-state index contributed by atoms with van der Waals surface area (Å²) in [5.41, 5.74) is 10.1. The minimum absolute atomic E-state index is 0.171. The highest BCUT2D eigenvalue weighted by molar-refractivity contribution is 6.01. The minimum atomic E-state index is -0.320. The number of anilines is 3. The van der Waals surface area contributed by atoms with E-state index in [1.165, 1.54) is 24.7 Å². The second-order valence-electron chi connectivity index (χ2n) is 7.16. The Hall–Kier alpha value is -2.90. The second kappa shape index (κ2) is 10.0. The maximum Gasteiger partial charge on any atom is 0.323 e. The number of rotatable bonds is 7. The third kappa shape index (κ3) is 5.79. The number of aryl methyl sites for hydroxylation is 1. The van der Waals surface area contributed by atoms with Crippen LogP contribution in [0.1, 0.15) is 30.4 Å². The van der Waals surface area contributed by atoms with Gasteiger partial charge in [-0.1, -0.05) is 18.2 Å². The molecule has 3 rings (SSSR count). The molecule has 1 atom stereocenters. The number of carbonyl (C=O) groups is 2. The van der Waals surface area contributed by atoms with Gasteiger partial charge in [0.05, 0.1) is 12.5 Å². The lowest BCUT2D eigenvalue weighted by Crippen LogP contribution is -2.28. The van der Waals surface area contributed by atoms with Crippen LogP contribution in [0.25, 0.3) is 0 Å². The number of nitrogens with two attached hydrogens (primary N) is 1. The van der Waals surface area contributed by atoms with Crippen molar-refractivity contribution >= 4 is 29.0 Å². The zero-order chi connectivity index (χ0) is 20.6. The Kier molecular flexibility index (Phi) is 7.21. The van der Waals surface area contributed by atoms with Crippen LogP contribution in [0.3, 0.4) is 0 Å². The molecule has 2 aromatic rings. The highest BCUT2D eigenvalue weighted by Crippen LogP contribution is 2.28. The number of benzene rings is 2. The monoisotopic (exact) mass is 396 g/mol. The lowest BCUT2D eigenvalue weighted by Gasteiger charge is -2.19. The molecule has 0 aromatic heterocycles. The first-order valence-electron chi connectivity index (χ1n) is 9.90. The molecule has 0 spiro atoms. The highest BCUT2D eigenvalue weighted by Gasteiger charge is 2.15. The van der Waals surface area contributed by atoms with E-state index in [0.717, 1.165) is 24.9 Å². The molecule has 1 unspecified atom stereocenters. The number of hydrogen-bond acceptors (Lipinski definition) is 4. The van der Waals surface area contributed by atoms with Crippen molar-refractivity contribution in [1.82, 2.24) is 0 Å². The molecule has 154 valence electrons. The Morgan fingerprint density at radius 2 is 1.76 bits per heavy atom. The number of fused-ring (bicyclic) bond motifs is 1. The lowest BCUT2D eigenvalue weighted by atomic mass is 9.90. The van der Waals surface area contributed by atoms with Crippen LogP contribution in [0.2, 0.25) is 0 Å². The van der Waals surface area contributed by atoms with E-state index in [1.54, 1.807) is 24.3 Å². The van der Waals surface area contributed by atoms with Gasteiger partial charge in [-0.25, -0.2) is 4.79 Å². The van der Waals surface area contributed by atoms with Crippen LogP contribution >= 0.6 is 0 Å². The number of carbonyl (C=O) groups excluding carboxylic acids is 2. The molecule has 1 aliphatic carbocycles. The van der Waals surface area contributed by atoms with Crippen molar-refractivity contribution in [2.75, 3.05) is 29.6 Å². The van der Waals surface area contributed by atoms with Gasteiger partial charge in [0.25, 0.3) is 0 Å². The normalized spacial score (nSPS) is 13.9. The fourth-order valence-electron chi connectivity index (χ4n) is 3.54. The molecule has 0 bridgehead atoms. The minimum Gasteiger partial charge on any atom is -0.380 e. The van der Waals surface area contributed by atoms with E-state index in [1.807, 2.05) is 12.1 Å². The molecule has 3 amide bonds. The molecule has 0 radical (unpaired) electrons. The summed E-state index contributed by atoms with van der Waals surface area (Å²) in [4.78, 5) is 24.6.